The number of carbonyl (C=O) groups excluding carboxylic acids is 2. The highest BCUT2D eigenvalue weighted by molar-refractivity contribution is 6.00. The van der Waals surface area contributed by atoms with Crippen LogP contribution in [-0.2, 0) is 7.05 Å². The molecule has 1 saturated heterocycles. The number of hydrogen-bond acceptors (Lipinski definition) is 3. The van der Waals surface area contributed by atoms with Crippen LogP contribution in [0, 0.1) is 5.92 Å². The van der Waals surface area contributed by atoms with Crippen LogP contribution in [0.5, 0.6) is 0 Å². The van der Waals surface area contributed by atoms with Gasteiger partial charge in [-0.25, -0.2) is 0 Å². The first-order chi connectivity index (χ1) is 11.4. The van der Waals surface area contributed by atoms with E-state index < -0.39 is 0 Å². The van der Waals surface area contributed by atoms with E-state index in [0.29, 0.717) is 17.2 Å². The highest BCUT2D eigenvalue weighted by atomic mass is 16.2. The Labute approximate surface area is 142 Å². The molecule has 3 rings (SSSR count). The number of fused-ring (bicyclic) bond motifs is 1. The van der Waals surface area contributed by atoms with Crippen molar-refractivity contribution in [2.24, 2.45) is 13.0 Å². The van der Waals surface area contributed by atoms with Crippen molar-refractivity contribution >= 4 is 22.8 Å². The predicted molar refractivity (Wildman–Crippen MR) is 93.0 cm³/mol. The van der Waals surface area contributed by atoms with E-state index >= 15 is 0 Å². The van der Waals surface area contributed by atoms with E-state index in [9.17, 15) is 9.59 Å². The van der Waals surface area contributed by atoms with Crippen LogP contribution in [0.1, 0.15) is 40.6 Å². The van der Waals surface area contributed by atoms with Crippen molar-refractivity contribution in [2.75, 3.05) is 27.2 Å². The minimum atomic E-state index is -0.0756. The van der Waals surface area contributed by atoms with Crippen LogP contribution < -0.4 is 0 Å². The zero-order chi connectivity index (χ0) is 17.4. The molecular formula is C18H24N4O2. The lowest BCUT2D eigenvalue weighted by molar-refractivity contribution is 0.0696. The van der Waals surface area contributed by atoms with Gasteiger partial charge in [0.2, 0.25) is 0 Å². The van der Waals surface area contributed by atoms with Gasteiger partial charge in [-0.2, -0.15) is 0 Å². The number of amides is 2. The summed E-state index contributed by atoms with van der Waals surface area (Å²) in [4.78, 5) is 32.8. The van der Waals surface area contributed by atoms with Gasteiger partial charge in [0.1, 0.15) is 5.69 Å². The molecule has 1 aliphatic heterocycles. The maximum atomic E-state index is 12.7. The van der Waals surface area contributed by atoms with Gasteiger partial charge >= 0.3 is 0 Å². The van der Waals surface area contributed by atoms with Crippen molar-refractivity contribution in [3.8, 4) is 0 Å². The Kier molecular flexibility index (Phi) is 4.30. The first-order valence-corrected chi connectivity index (χ1v) is 8.35. The molecule has 6 nitrogen and oxygen atoms in total. The summed E-state index contributed by atoms with van der Waals surface area (Å²) in [5.74, 6) is 0.633. The summed E-state index contributed by atoms with van der Waals surface area (Å²) in [5, 5.41) is 0. The second-order valence-electron chi connectivity index (χ2n) is 6.89. The molecule has 24 heavy (non-hydrogen) atoms. The van der Waals surface area contributed by atoms with Gasteiger partial charge in [-0.05, 0) is 30.9 Å². The Morgan fingerprint density at radius 3 is 2.50 bits per heavy atom. The Morgan fingerprint density at radius 1 is 1.21 bits per heavy atom. The summed E-state index contributed by atoms with van der Waals surface area (Å²) in [7, 11) is 5.27. The maximum Gasteiger partial charge on any atom is 0.270 e. The average Bonchev–Trinajstić information content (AvgIpc) is 2.90. The molecule has 0 aromatic carbocycles. The number of hydrogen-bond donors (Lipinski definition) is 0. The van der Waals surface area contributed by atoms with Crippen molar-refractivity contribution in [3.05, 3.63) is 29.6 Å². The molecule has 0 N–H and O–H groups in total. The summed E-state index contributed by atoms with van der Waals surface area (Å²) in [6, 6.07) is 3.61. The summed E-state index contributed by atoms with van der Waals surface area (Å²) in [5.41, 5.74) is 2.68. The molecule has 2 aromatic heterocycles. The molecule has 0 bridgehead atoms. The fourth-order valence-electron chi connectivity index (χ4n) is 3.15. The zero-order valence-corrected chi connectivity index (χ0v) is 14.7. The van der Waals surface area contributed by atoms with Crippen LogP contribution in [0.3, 0.4) is 0 Å². The van der Waals surface area contributed by atoms with Crippen LogP contribution in [0.4, 0.5) is 0 Å². The Balaban J connectivity index is 1.92. The largest absolute Gasteiger partial charge is 0.343 e. The number of carbonyl (C=O) groups is 2. The van der Waals surface area contributed by atoms with E-state index in [4.69, 9.17) is 0 Å². The van der Waals surface area contributed by atoms with Crippen molar-refractivity contribution in [1.82, 2.24) is 19.4 Å². The number of aryl methyl sites for hydroxylation is 1. The molecular weight excluding hydrogens is 304 g/mol. The van der Waals surface area contributed by atoms with E-state index in [1.165, 1.54) is 4.90 Å². The van der Waals surface area contributed by atoms with Crippen LogP contribution in [0.25, 0.3) is 11.0 Å². The van der Waals surface area contributed by atoms with E-state index in [1.54, 1.807) is 30.9 Å². The van der Waals surface area contributed by atoms with E-state index in [2.05, 4.69) is 11.9 Å². The topological polar surface area (TPSA) is 58.4 Å². The first kappa shape index (κ1) is 16.5. The van der Waals surface area contributed by atoms with Gasteiger partial charge < -0.3 is 14.4 Å². The molecule has 2 amide bonds. The lowest BCUT2D eigenvalue weighted by Gasteiger charge is -2.30. The van der Waals surface area contributed by atoms with E-state index in [-0.39, 0.29) is 11.8 Å². The van der Waals surface area contributed by atoms with Crippen LogP contribution in [-0.4, -0.2) is 58.4 Å². The highest BCUT2D eigenvalue weighted by Gasteiger charge is 2.23. The number of piperidine rings is 1. The predicted octanol–water partition coefficient (Wildman–Crippen LogP) is 2.15. The minimum Gasteiger partial charge on any atom is -0.343 e. The average molecular weight is 328 g/mol. The van der Waals surface area contributed by atoms with Gasteiger partial charge in [-0.3, -0.25) is 14.6 Å². The molecule has 2 aromatic rings. The fourth-order valence-corrected chi connectivity index (χ4v) is 3.15. The molecule has 6 heteroatoms. The molecule has 3 heterocycles. The summed E-state index contributed by atoms with van der Waals surface area (Å²) in [6.07, 6.45) is 3.72. The van der Waals surface area contributed by atoms with Gasteiger partial charge in [-0.15, -0.1) is 0 Å². The fraction of sp³-hybridized carbons (Fsp3) is 0.500. The molecule has 0 atom stereocenters. The molecule has 128 valence electrons. The molecule has 1 fully saturated rings. The van der Waals surface area contributed by atoms with Crippen molar-refractivity contribution in [2.45, 2.75) is 19.8 Å². The van der Waals surface area contributed by atoms with Crippen LogP contribution >= 0.6 is 0 Å². The number of aromatic nitrogens is 2. The molecule has 1 aliphatic rings. The smallest absolute Gasteiger partial charge is 0.270 e. The Hall–Kier alpha value is -2.37. The van der Waals surface area contributed by atoms with Gasteiger partial charge in [0, 0.05) is 40.4 Å². The summed E-state index contributed by atoms with van der Waals surface area (Å²) < 4.78 is 1.81. The van der Waals surface area contributed by atoms with Gasteiger partial charge in [0.25, 0.3) is 11.8 Å². The molecule has 0 aliphatic carbocycles. The Bertz CT molecular complexity index is 786. The molecule has 0 unspecified atom stereocenters. The quantitative estimate of drug-likeness (QED) is 0.849. The highest BCUT2D eigenvalue weighted by Crippen LogP contribution is 2.22. The lowest BCUT2D eigenvalue weighted by atomic mass is 9.99. The molecule has 0 spiro atoms. The van der Waals surface area contributed by atoms with Crippen LogP contribution in [0.15, 0.2) is 18.3 Å². The Morgan fingerprint density at radius 2 is 1.88 bits per heavy atom. The lowest BCUT2D eigenvalue weighted by Crippen LogP contribution is -2.37. The number of pyridine rings is 1. The van der Waals surface area contributed by atoms with E-state index in [1.807, 2.05) is 18.0 Å². The van der Waals surface area contributed by atoms with Crippen molar-refractivity contribution < 1.29 is 9.59 Å². The normalized spacial score (nSPS) is 15.8. The van der Waals surface area contributed by atoms with Crippen molar-refractivity contribution in [1.29, 1.82) is 0 Å². The minimum absolute atomic E-state index is 0.0259. The van der Waals surface area contributed by atoms with Crippen LogP contribution in [0.2, 0.25) is 0 Å². The number of nitrogens with zero attached hydrogens (tertiary/aromatic N) is 4. The first-order valence-electron chi connectivity index (χ1n) is 8.35. The number of rotatable bonds is 2. The molecule has 0 radical (unpaired) electrons. The van der Waals surface area contributed by atoms with Gasteiger partial charge in [0.05, 0.1) is 16.6 Å². The summed E-state index contributed by atoms with van der Waals surface area (Å²) in [6.45, 7) is 3.83. The third kappa shape index (κ3) is 2.88. The second kappa shape index (κ2) is 6.26. The van der Waals surface area contributed by atoms with Crippen molar-refractivity contribution in [3.63, 3.8) is 0 Å². The maximum absolute atomic E-state index is 12.7. The third-order valence-corrected chi connectivity index (χ3v) is 4.84. The monoisotopic (exact) mass is 328 g/mol. The zero-order valence-electron chi connectivity index (χ0n) is 14.7. The van der Waals surface area contributed by atoms with Gasteiger partial charge in [0.15, 0.2) is 0 Å². The SMILES string of the molecule is CC1CCN(C(=O)c2cnc3cc(C(=O)N(C)C)n(C)c3c2)CC1. The standard InChI is InChI=1S/C18H24N4O2/c1-12-5-7-22(8-6-12)17(23)13-9-15-14(19-11-13)10-16(21(15)4)18(24)20(2)3/h9-12H,5-8H2,1-4H3. The number of likely N-dealkylation sites (tertiary alicyclic amines) is 1. The second-order valence-corrected chi connectivity index (χ2v) is 6.89. The summed E-state index contributed by atoms with van der Waals surface area (Å²) >= 11 is 0. The van der Waals surface area contributed by atoms with Gasteiger partial charge in [-0.1, -0.05) is 6.92 Å². The van der Waals surface area contributed by atoms with E-state index in [0.717, 1.165) is 37.0 Å². The molecule has 0 saturated carbocycles. The third-order valence-electron chi connectivity index (χ3n) is 4.84.